The molecular formula is C8H9BrO2. The van der Waals surface area contributed by atoms with Crippen molar-refractivity contribution in [1.82, 2.24) is 0 Å². The Balaban J connectivity index is 3.00. The van der Waals surface area contributed by atoms with E-state index in [-0.39, 0.29) is 12.4 Å². The van der Waals surface area contributed by atoms with E-state index in [1.54, 1.807) is 12.1 Å². The fourth-order valence-corrected chi connectivity index (χ4v) is 1.46. The van der Waals surface area contributed by atoms with Crippen LogP contribution < -0.4 is 0 Å². The van der Waals surface area contributed by atoms with Crippen LogP contribution in [0.15, 0.2) is 22.7 Å². The number of phenolic OH excluding ortho intramolecular Hbond substituents is 1. The molecule has 0 saturated heterocycles. The molecule has 2 nitrogen and oxygen atoms in total. The van der Waals surface area contributed by atoms with E-state index in [2.05, 4.69) is 15.9 Å². The van der Waals surface area contributed by atoms with Gasteiger partial charge in [-0.25, -0.2) is 0 Å². The third-order valence-electron chi connectivity index (χ3n) is 1.46. The van der Waals surface area contributed by atoms with Gasteiger partial charge in [-0.1, -0.05) is 22.0 Å². The van der Waals surface area contributed by atoms with Crippen molar-refractivity contribution in [1.29, 1.82) is 0 Å². The molecule has 0 fully saturated rings. The lowest BCUT2D eigenvalue weighted by atomic mass is 10.1. The molecule has 2 N–H and O–H groups in total. The molecule has 11 heavy (non-hydrogen) atoms. The molecule has 1 aromatic rings. The lowest BCUT2D eigenvalue weighted by Crippen LogP contribution is -1.91. The molecule has 0 unspecified atom stereocenters. The van der Waals surface area contributed by atoms with Crippen molar-refractivity contribution in [2.24, 2.45) is 0 Å². The van der Waals surface area contributed by atoms with Gasteiger partial charge in [0.2, 0.25) is 0 Å². The predicted octanol–water partition coefficient (Wildman–Crippen LogP) is 1.69. The molecule has 0 radical (unpaired) electrons. The average Bonchev–Trinajstić information content (AvgIpc) is 1.97. The van der Waals surface area contributed by atoms with Gasteiger partial charge >= 0.3 is 0 Å². The number of aliphatic hydroxyl groups excluding tert-OH is 1. The first-order valence-corrected chi connectivity index (χ1v) is 4.12. The SMILES string of the molecule is OCCc1c(O)cccc1Br. The van der Waals surface area contributed by atoms with Crippen molar-refractivity contribution < 1.29 is 10.2 Å². The quantitative estimate of drug-likeness (QED) is 0.791. The summed E-state index contributed by atoms with van der Waals surface area (Å²) in [6.07, 6.45) is 0.479. The van der Waals surface area contributed by atoms with E-state index in [1.807, 2.05) is 6.07 Å². The van der Waals surface area contributed by atoms with Crippen LogP contribution in [-0.2, 0) is 6.42 Å². The normalized spacial score (nSPS) is 10.0. The van der Waals surface area contributed by atoms with Gasteiger partial charge in [-0.3, -0.25) is 0 Å². The zero-order valence-corrected chi connectivity index (χ0v) is 7.50. The molecule has 0 aromatic heterocycles. The van der Waals surface area contributed by atoms with Gasteiger partial charge < -0.3 is 10.2 Å². The molecule has 0 saturated carbocycles. The van der Waals surface area contributed by atoms with Crippen LogP contribution in [0.2, 0.25) is 0 Å². The number of halogens is 1. The Morgan fingerprint density at radius 2 is 2.09 bits per heavy atom. The molecule has 60 valence electrons. The number of hydrogen-bond donors (Lipinski definition) is 2. The number of aliphatic hydroxyl groups is 1. The van der Waals surface area contributed by atoms with Gasteiger partial charge in [0.05, 0.1) is 0 Å². The first kappa shape index (κ1) is 8.56. The lowest BCUT2D eigenvalue weighted by molar-refractivity contribution is 0.297. The minimum atomic E-state index is 0.0518. The summed E-state index contributed by atoms with van der Waals surface area (Å²) in [5, 5.41) is 17.9. The van der Waals surface area contributed by atoms with Crippen molar-refractivity contribution >= 4 is 15.9 Å². The summed E-state index contributed by atoms with van der Waals surface area (Å²) in [5.74, 6) is 0.230. The highest BCUT2D eigenvalue weighted by Gasteiger charge is 2.03. The van der Waals surface area contributed by atoms with Crippen LogP contribution in [0.5, 0.6) is 5.75 Å². The topological polar surface area (TPSA) is 40.5 Å². The molecule has 1 aromatic carbocycles. The first-order chi connectivity index (χ1) is 5.25. The Kier molecular flexibility index (Phi) is 2.91. The molecule has 0 amide bonds. The second-order valence-electron chi connectivity index (χ2n) is 2.21. The fraction of sp³-hybridized carbons (Fsp3) is 0.250. The van der Waals surface area contributed by atoms with Gasteiger partial charge in [0.1, 0.15) is 5.75 Å². The Bertz CT molecular complexity index is 228. The van der Waals surface area contributed by atoms with Gasteiger partial charge in [0, 0.05) is 23.1 Å². The maximum Gasteiger partial charge on any atom is 0.119 e. The van der Waals surface area contributed by atoms with Gasteiger partial charge in [0.25, 0.3) is 0 Å². The highest BCUT2D eigenvalue weighted by Crippen LogP contribution is 2.25. The van der Waals surface area contributed by atoms with Crippen LogP contribution in [0.1, 0.15) is 5.56 Å². The number of hydrogen-bond acceptors (Lipinski definition) is 2. The summed E-state index contributed by atoms with van der Waals surface area (Å²) in [6, 6.07) is 5.20. The Morgan fingerprint density at radius 1 is 1.36 bits per heavy atom. The molecule has 0 aliphatic rings. The summed E-state index contributed by atoms with van der Waals surface area (Å²) in [5.41, 5.74) is 0.759. The van der Waals surface area contributed by atoms with Crippen LogP contribution in [0.25, 0.3) is 0 Å². The zero-order valence-electron chi connectivity index (χ0n) is 5.92. The number of phenols is 1. The van der Waals surface area contributed by atoms with Crippen LogP contribution in [-0.4, -0.2) is 16.8 Å². The van der Waals surface area contributed by atoms with E-state index >= 15 is 0 Å². The number of rotatable bonds is 2. The summed E-state index contributed by atoms with van der Waals surface area (Å²) in [7, 11) is 0. The largest absolute Gasteiger partial charge is 0.508 e. The van der Waals surface area contributed by atoms with E-state index < -0.39 is 0 Å². The van der Waals surface area contributed by atoms with E-state index in [9.17, 15) is 5.11 Å². The first-order valence-electron chi connectivity index (χ1n) is 3.33. The van der Waals surface area contributed by atoms with Crippen molar-refractivity contribution in [2.75, 3.05) is 6.61 Å². The molecule has 3 heteroatoms. The molecule has 1 rings (SSSR count). The van der Waals surface area contributed by atoms with Crippen molar-refractivity contribution in [2.45, 2.75) is 6.42 Å². The molecule has 0 aliphatic carbocycles. The van der Waals surface area contributed by atoms with Gasteiger partial charge in [-0.2, -0.15) is 0 Å². The van der Waals surface area contributed by atoms with E-state index in [4.69, 9.17) is 5.11 Å². The molecule has 0 spiro atoms. The number of benzene rings is 1. The van der Waals surface area contributed by atoms with Crippen molar-refractivity contribution in [3.8, 4) is 5.75 Å². The maximum absolute atomic E-state index is 9.28. The van der Waals surface area contributed by atoms with Crippen LogP contribution in [0.3, 0.4) is 0 Å². The Morgan fingerprint density at radius 3 is 2.64 bits per heavy atom. The van der Waals surface area contributed by atoms with Crippen LogP contribution >= 0.6 is 15.9 Å². The summed E-state index contributed by atoms with van der Waals surface area (Å²) in [6.45, 7) is 0.0518. The third-order valence-corrected chi connectivity index (χ3v) is 2.20. The predicted molar refractivity (Wildman–Crippen MR) is 46.6 cm³/mol. The van der Waals surface area contributed by atoms with Crippen molar-refractivity contribution in [3.63, 3.8) is 0 Å². The summed E-state index contributed by atoms with van der Waals surface area (Å²) >= 11 is 3.28. The molecule has 0 bridgehead atoms. The monoisotopic (exact) mass is 216 g/mol. The smallest absolute Gasteiger partial charge is 0.119 e. The molecule has 0 atom stereocenters. The Labute approximate surface area is 73.6 Å². The Hall–Kier alpha value is -0.540. The van der Waals surface area contributed by atoms with Crippen LogP contribution in [0, 0.1) is 0 Å². The molecule has 0 heterocycles. The van der Waals surface area contributed by atoms with Gasteiger partial charge in [-0.05, 0) is 12.1 Å². The molecular weight excluding hydrogens is 208 g/mol. The zero-order chi connectivity index (χ0) is 8.27. The maximum atomic E-state index is 9.28. The summed E-state index contributed by atoms with van der Waals surface area (Å²) in [4.78, 5) is 0. The minimum Gasteiger partial charge on any atom is -0.508 e. The van der Waals surface area contributed by atoms with Crippen LogP contribution in [0.4, 0.5) is 0 Å². The van der Waals surface area contributed by atoms with Gasteiger partial charge in [-0.15, -0.1) is 0 Å². The third kappa shape index (κ3) is 1.94. The molecule has 0 aliphatic heterocycles. The summed E-state index contributed by atoms with van der Waals surface area (Å²) < 4.78 is 0.839. The van der Waals surface area contributed by atoms with E-state index in [0.29, 0.717) is 6.42 Å². The fourth-order valence-electron chi connectivity index (χ4n) is 0.907. The highest BCUT2D eigenvalue weighted by atomic mass is 79.9. The standard InChI is InChI=1S/C8H9BrO2/c9-7-2-1-3-8(11)6(7)4-5-10/h1-3,10-11H,4-5H2. The second-order valence-corrected chi connectivity index (χ2v) is 3.07. The van der Waals surface area contributed by atoms with E-state index in [1.165, 1.54) is 0 Å². The lowest BCUT2D eigenvalue weighted by Gasteiger charge is -2.03. The number of aromatic hydroxyl groups is 1. The highest BCUT2D eigenvalue weighted by molar-refractivity contribution is 9.10. The van der Waals surface area contributed by atoms with Gasteiger partial charge in [0.15, 0.2) is 0 Å². The second kappa shape index (κ2) is 3.74. The average molecular weight is 217 g/mol. The van der Waals surface area contributed by atoms with Crippen molar-refractivity contribution in [3.05, 3.63) is 28.2 Å². The van der Waals surface area contributed by atoms with E-state index in [0.717, 1.165) is 10.0 Å². The minimum absolute atomic E-state index is 0.0518.